The molecule has 0 aliphatic heterocycles. The zero-order chi connectivity index (χ0) is 14.2. The fourth-order valence-electron chi connectivity index (χ4n) is 1.81. The Morgan fingerprint density at radius 1 is 0.789 bits per heavy atom. The van der Waals surface area contributed by atoms with E-state index < -0.39 is 5.97 Å². The van der Waals surface area contributed by atoms with Crippen LogP contribution in [0.5, 0.6) is 0 Å². The molecule has 0 aliphatic carbocycles. The van der Waals surface area contributed by atoms with Gasteiger partial charge in [0.25, 0.3) is 0 Å². The third kappa shape index (κ3) is 16.6. The molecule has 0 aromatic carbocycles. The van der Waals surface area contributed by atoms with Crippen molar-refractivity contribution < 1.29 is 9.90 Å². The normalized spacial score (nSPS) is 9.42. The Kier molecular flexibility index (Phi) is 13.6. The smallest absolute Gasteiger partial charge is 0.303 e. The van der Waals surface area contributed by atoms with Crippen LogP contribution in [0.2, 0.25) is 0 Å². The van der Waals surface area contributed by atoms with Crippen LogP contribution in [0.15, 0.2) is 0 Å². The zero-order valence-corrected chi connectivity index (χ0v) is 11.9. The summed E-state index contributed by atoms with van der Waals surface area (Å²) in [4.78, 5) is 10.3. The predicted molar refractivity (Wildman–Crippen MR) is 79.6 cm³/mol. The van der Waals surface area contributed by atoms with Crippen molar-refractivity contribution in [3.8, 4) is 24.2 Å². The van der Waals surface area contributed by atoms with Crippen molar-refractivity contribution in [1.82, 2.24) is 0 Å². The molecule has 0 heterocycles. The lowest BCUT2D eigenvalue weighted by Gasteiger charge is -1.98. The molecule has 0 saturated heterocycles. The molecule has 2 heteroatoms. The number of rotatable bonds is 11. The minimum Gasteiger partial charge on any atom is -0.481 e. The topological polar surface area (TPSA) is 37.3 Å². The molecule has 2 nitrogen and oxygen atoms in total. The lowest BCUT2D eigenvalue weighted by atomic mass is 10.1. The molecule has 0 amide bonds. The van der Waals surface area contributed by atoms with E-state index in [1.54, 1.807) is 0 Å². The number of terminal acetylenes is 1. The van der Waals surface area contributed by atoms with Crippen molar-refractivity contribution in [1.29, 1.82) is 0 Å². The molecule has 0 fully saturated rings. The largest absolute Gasteiger partial charge is 0.481 e. The van der Waals surface area contributed by atoms with E-state index in [1.165, 1.54) is 12.8 Å². The van der Waals surface area contributed by atoms with Crippen LogP contribution in [0, 0.1) is 24.2 Å². The number of carboxylic acids is 1. The molecule has 0 aliphatic rings. The summed E-state index contributed by atoms with van der Waals surface area (Å²) in [7, 11) is 0. The van der Waals surface area contributed by atoms with Gasteiger partial charge in [0.2, 0.25) is 0 Å². The van der Waals surface area contributed by atoms with Crippen LogP contribution in [-0.4, -0.2) is 11.1 Å². The molecule has 19 heavy (non-hydrogen) atoms. The van der Waals surface area contributed by atoms with Crippen molar-refractivity contribution in [2.24, 2.45) is 0 Å². The Morgan fingerprint density at radius 3 is 1.84 bits per heavy atom. The van der Waals surface area contributed by atoms with E-state index in [4.69, 9.17) is 11.5 Å². The summed E-state index contributed by atoms with van der Waals surface area (Å²) in [6.07, 6.45) is 17.1. The highest BCUT2D eigenvalue weighted by Gasteiger charge is 1.96. The van der Waals surface area contributed by atoms with Gasteiger partial charge in [0, 0.05) is 25.7 Å². The molecule has 0 saturated carbocycles. The summed E-state index contributed by atoms with van der Waals surface area (Å²) in [6, 6.07) is 0. The van der Waals surface area contributed by atoms with E-state index in [9.17, 15) is 4.79 Å². The van der Waals surface area contributed by atoms with Crippen LogP contribution < -0.4 is 0 Å². The van der Waals surface area contributed by atoms with Crippen molar-refractivity contribution in [3.05, 3.63) is 0 Å². The lowest BCUT2D eigenvalue weighted by molar-refractivity contribution is -0.137. The van der Waals surface area contributed by atoms with Gasteiger partial charge in [-0.3, -0.25) is 4.79 Å². The van der Waals surface area contributed by atoms with Gasteiger partial charge in [0.1, 0.15) is 0 Å². The number of aliphatic carboxylic acids is 1. The molecule has 1 N–H and O–H groups in total. The summed E-state index contributed by atoms with van der Waals surface area (Å²) >= 11 is 0. The molecular formula is C17H26O2. The van der Waals surface area contributed by atoms with Gasteiger partial charge in [0.15, 0.2) is 0 Å². The summed E-state index contributed by atoms with van der Waals surface area (Å²) in [5.41, 5.74) is 0. The highest BCUT2D eigenvalue weighted by atomic mass is 16.4. The van der Waals surface area contributed by atoms with E-state index in [1.807, 2.05) is 0 Å². The van der Waals surface area contributed by atoms with Gasteiger partial charge in [-0.05, 0) is 25.7 Å². The molecule has 0 aromatic rings. The van der Waals surface area contributed by atoms with Gasteiger partial charge in [-0.1, -0.05) is 25.7 Å². The SMILES string of the molecule is C#CCCCCC#CCCCCCCCCC(=O)O. The second kappa shape index (κ2) is 14.7. The molecule has 0 aromatic heterocycles. The van der Waals surface area contributed by atoms with Crippen molar-refractivity contribution in [2.75, 3.05) is 0 Å². The lowest BCUT2D eigenvalue weighted by Crippen LogP contribution is -1.93. The highest BCUT2D eigenvalue weighted by molar-refractivity contribution is 5.66. The van der Waals surface area contributed by atoms with Gasteiger partial charge in [-0.15, -0.1) is 24.2 Å². The number of carboxylic acid groups (broad SMARTS) is 1. The number of hydrogen-bond acceptors (Lipinski definition) is 1. The first-order valence-corrected chi connectivity index (χ1v) is 7.38. The van der Waals surface area contributed by atoms with Crippen LogP contribution >= 0.6 is 0 Å². The standard InChI is InChI=1S/C17H26O2/c1-2-3-4-5-6-7-8-9-10-11-12-13-14-15-16-17(18)19/h1H,3-6,9-16H2,(H,18,19). The maximum Gasteiger partial charge on any atom is 0.303 e. The summed E-state index contributed by atoms with van der Waals surface area (Å²) in [5, 5.41) is 8.48. The third-order valence-electron chi connectivity index (χ3n) is 2.94. The van der Waals surface area contributed by atoms with E-state index in [0.717, 1.165) is 57.8 Å². The third-order valence-corrected chi connectivity index (χ3v) is 2.94. The Balaban J connectivity index is 3.12. The molecule has 106 valence electrons. The van der Waals surface area contributed by atoms with Crippen LogP contribution in [0.25, 0.3) is 0 Å². The molecule has 0 bridgehead atoms. The average Bonchev–Trinajstić information content (AvgIpc) is 2.39. The maximum atomic E-state index is 10.3. The fraction of sp³-hybridized carbons (Fsp3) is 0.706. The van der Waals surface area contributed by atoms with Gasteiger partial charge >= 0.3 is 5.97 Å². The van der Waals surface area contributed by atoms with Crippen LogP contribution in [-0.2, 0) is 4.79 Å². The maximum absolute atomic E-state index is 10.3. The van der Waals surface area contributed by atoms with Crippen molar-refractivity contribution >= 4 is 5.97 Å². The van der Waals surface area contributed by atoms with E-state index >= 15 is 0 Å². The van der Waals surface area contributed by atoms with Crippen molar-refractivity contribution in [2.45, 2.75) is 77.0 Å². The molecule has 0 rings (SSSR count). The predicted octanol–water partition coefficient (Wildman–Crippen LogP) is 4.39. The van der Waals surface area contributed by atoms with E-state index in [-0.39, 0.29) is 0 Å². The second-order valence-corrected chi connectivity index (χ2v) is 4.78. The van der Waals surface area contributed by atoms with E-state index in [2.05, 4.69) is 17.8 Å². The van der Waals surface area contributed by atoms with Crippen LogP contribution in [0.3, 0.4) is 0 Å². The monoisotopic (exact) mass is 262 g/mol. The van der Waals surface area contributed by atoms with E-state index in [0.29, 0.717) is 6.42 Å². The highest BCUT2D eigenvalue weighted by Crippen LogP contribution is 2.08. The first kappa shape index (κ1) is 17.6. The summed E-state index contributed by atoms with van der Waals surface area (Å²) in [5.74, 6) is 8.33. The van der Waals surface area contributed by atoms with Gasteiger partial charge in [-0.2, -0.15) is 0 Å². The van der Waals surface area contributed by atoms with Gasteiger partial charge < -0.3 is 5.11 Å². The quantitative estimate of drug-likeness (QED) is 0.443. The molecular weight excluding hydrogens is 236 g/mol. The Morgan fingerprint density at radius 2 is 1.26 bits per heavy atom. The minimum atomic E-state index is -0.683. The number of unbranched alkanes of at least 4 members (excludes halogenated alkanes) is 9. The van der Waals surface area contributed by atoms with Crippen molar-refractivity contribution in [3.63, 3.8) is 0 Å². The average molecular weight is 262 g/mol. The second-order valence-electron chi connectivity index (χ2n) is 4.78. The van der Waals surface area contributed by atoms with Gasteiger partial charge in [0.05, 0.1) is 0 Å². The minimum absolute atomic E-state index is 0.311. The first-order chi connectivity index (χ1) is 9.27. The van der Waals surface area contributed by atoms with Crippen LogP contribution in [0.1, 0.15) is 77.0 Å². The Bertz CT molecular complexity index is 314. The van der Waals surface area contributed by atoms with Gasteiger partial charge in [-0.25, -0.2) is 0 Å². The summed E-state index contributed by atoms with van der Waals surface area (Å²) < 4.78 is 0. The summed E-state index contributed by atoms with van der Waals surface area (Å²) in [6.45, 7) is 0. The fourth-order valence-corrected chi connectivity index (χ4v) is 1.81. The Labute approximate surface area is 118 Å². The molecule has 0 spiro atoms. The first-order valence-electron chi connectivity index (χ1n) is 7.38. The number of carbonyl (C=O) groups is 1. The molecule has 0 radical (unpaired) electrons. The zero-order valence-electron chi connectivity index (χ0n) is 11.9. The molecule has 0 unspecified atom stereocenters. The number of hydrogen-bond donors (Lipinski definition) is 1. The van der Waals surface area contributed by atoms with Crippen LogP contribution in [0.4, 0.5) is 0 Å². The molecule has 0 atom stereocenters. The Hall–Kier alpha value is -1.41.